The molecule has 0 aliphatic heterocycles. The van der Waals surface area contributed by atoms with E-state index in [0.29, 0.717) is 18.0 Å². The van der Waals surface area contributed by atoms with Gasteiger partial charge in [-0.1, -0.05) is 15.9 Å². The van der Waals surface area contributed by atoms with E-state index in [2.05, 4.69) is 20.7 Å². The fourth-order valence-corrected chi connectivity index (χ4v) is 1.98. The second-order valence-corrected chi connectivity index (χ2v) is 5.61. The van der Waals surface area contributed by atoms with Gasteiger partial charge in [-0.2, -0.15) is 0 Å². The molecule has 0 aromatic heterocycles. The summed E-state index contributed by atoms with van der Waals surface area (Å²) >= 11 is 3.26. The van der Waals surface area contributed by atoms with Crippen LogP contribution >= 0.6 is 15.9 Å². The van der Waals surface area contributed by atoms with Crippen LogP contribution in [0.1, 0.15) is 6.92 Å². The van der Waals surface area contributed by atoms with Crippen LogP contribution in [0.25, 0.3) is 0 Å². The average molecular weight is 294 g/mol. The van der Waals surface area contributed by atoms with Gasteiger partial charge in [-0.15, -0.1) is 0 Å². The molecule has 0 saturated carbocycles. The van der Waals surface area contributed by atoms with Crippen molar-refractivity contribution in [2.75, 3.05) is 17.6 Å². The second-order valence-electron chi connectivity index (χ2n) is 2.95. The van der Waals surface area contributed by atoms with Gasteiger partial charge in [0.05, 0.1) is 18.6 Å². The number of anilines is 1. The molecular weight excluding hydrogens is 282 g/mol. The molecule has 0 aliphatic rings. The molecule has 0 fully saturated rings. The van der Waals surface area contributed by atoms with Gasteiger partial charge in [0.15, 0.2) is 0 Å². The maximum absolute atomic E-state index is 11.1. The minimum atomic E-state index is -3.29. The topological polar surface area (TPSA) is 55.4 Å². The number of hydrogen-bond acceptors (Lipinski definition) is 3. The quantitative estimate of drug-likeness (QED) is 0.926. The Hall–Kier alpha value is -0.750. The molecule has 0 amide bonds. The summed E-state index contributed by atoms with van der Waals surface area (Å²) < 4.78 is 30.6. The molecule has 1 rings (SSSR count). The number of sulfonamides is 1. The Morgan fingerprint density at radius 3 is 2.67 bits per heavy atom. The summed E-state index contributed by atoms with van der Waals surface area (Å²) in [6.07, 6.45) is 1.10. The first-order valence-corrected chi connectivity index (χ1v) is 7.01. The molecule has 0 saturated heterocycles. The highest BCUT2D eigenvalue weighted by atomic mass is 79.9. The number of hydrogen-bond donors (Lipinski definition) is 1. The van der Waals surface area contributed by atoms with E-state index in [0.717, 1.165) is 10.7 Å². The summed E-state index contributed by atoms with van der Waals surface area (Å²) in [4.78, 5) is 0. The Morgan fingerprint density at radius 2 is 2.13 bits per heavy atom. The molecule has 1 aromatic carbocycles. The standard InChI is InChI=1S/C9H12BrNO3S/c1-3-14-9-5-4-7(10)6-8(9)11-15(2,12)13/h4-6,11H,3H2,1-2H3. The highest BCUT2D eigenvalue weighted by Crippen LogP contribution is 2.28. The summed E-state index contributed by atoms with van der Waals surface area (Å²) in [6, 6.07) is 5.16. The number of benzene rings is 1. The maximum atomic E-state index is 11.1. The minimum absolute atomic E-state index is 0.439. The lowest BCUT2D eigenvalue weighted by atomic mass is 10.3. The smallest absolute Gasteiger partial charge is 0.229 e. The van der Waals surface area contributed by atoms with Crippen molar-refractivity contribution in [1.29, 1.82) is 0 Å². The van der Waals surface area contributed by atoms with E-state index < -0.39 is 10.0 Å². The van der Waals surface area contributed by atoms with E-state index in [-0.39, 0.29) is 0 Å². The van der Waals surface area contributed by atoms with Crippen molar-refractivity contribution in [1.82, 2.24) is 0 Å². The summed E-state index contributed by atoms with van der Waals surface area (Å²) in [5.74, 6) is 0.520. The largest absolute Gasteiger partial charge is 0.492 e. The van der Waals surface area contributed by atoms with Crippen LogP contribution in [0.15, 0.2) is 22.7 Å². The molecular formula is C9H12BrNO3S. The monoisotopic (exact) mass is 293 g/mol. The molecule has 84 valence electrons. The van der Waals surface area contributed by atoms with E-state index in [4.69, 9.17) is 4.74 Å². The van der Waals surface area contributed by atoms with Crippen LogP contribution in [0.5, 0.6) is 5.75 Å². The first-order chi connectivity index (χ1) is 6.92. The second kappa shape index (κ2) is 4.85. The third kappa shape index (κ3) is 4.09. The maximum Gasteiger partial charge on any atom is 0.229 e. The Balaban J connectivity index is 3.07. The molecule has 15 heavy (non-hydrogen) atoms. The van der Waals surface area contributed by atoms with Gasteiger partial charge in [0, 0.05) is 4.47 Å². The normalized spacial score (nSPS) is 11.1. The van der Waals surface area contributed by atoms with Crippen LogP contribution in [0.4, 0.5) is 5.69 Å². The van der Waals surface area contributed by atoms with Crippen molar-refractivity contribution in [3.8, 4) is 5.75 Å². The zero-order valence-electron chi connectivity index (χ0n) is 8.45. The molecule has 0 spiro atoms. The van der Waals surface area contributed by atoms with Gasteiger partial charge in [0.2, 0.25) is 10.0 Å². The van der Waals surface area contributed by atoms with E-state index in [1.165, 1.54) is 0 Å². The van der Waals surface area contributed by atoms with Gasteiger partial charge >= 0.3 is 0 Å². The molecule has 0 unspecified atom stereocenters. The molecule has 6 heteroatoms. The van der Waals surface area contributed by atoms with Crippen molar-refractivity contribution in [2.45, 2.75) is 6.92 Å². The van der Waals surface area contributed by atoms with Crippen molar-refractivity contribution in [3.63, 3.8) is 0 Å². The zero-order chi connectivity index (χ0) is 11.5. The third-order valence-electron chi connectivity index (χ3n) is 1.54. The number of ether oxygens (including phenoxy) is 1. The Morgan fingerprint density at radius 1 is 1.47 bits per heavy atom. The van der Waals surface area contributed by atoms with Crippen molar-refractivity contribution < 1.29 is 13.2 Å². The molecule has 4 nitrogen and oxygen atoms in total. The highest BCUT2D eigenvalue weighted by Gasteiger charge is 2.08. The van der Waals surface area contributed by atoms with E-state index in [1.54, 1.807) is 18.2 Å². The lowest BCUT2D eigenvalue weighted by Crippen LogP contribution is -2.10. The van der Waals surface area contributed by atoms with Gasteiger partial charge < -0.3 is 4.74 Å². The molecule has 0 aliphatic carbocycles. The van der Waals surface area contributed by atoms with Crippen LogP contribution in [0.2, 0.25) is 0 Å². The summed E-state index contributed by atoms with van der Waals surface area (Å²) in [7, 11) is -3.29. The number of halogens is 1. The Kier molecular flexibility index (Phi) is 3.98. The predicted octanol–water partition coefficient (Wildman–Crippen LogP) is 2.22. The fourth-order valence-electron chi connectivity index (χ4n) is 1.06. The molecule has 1 N–H and O–H groups in total. The van der Waals surface area contributed by atoms with Crippen molar-refractivity contribution in [2.24, 2.45) is 0 Å². The molecule has 0 radical (unpaired) electrons. The number of nitrogens with one attached hydrogen (secondary N) is 1. The highest BCUT2D eigenvalue weighted by molar-refractivity contribution is 9.10. The molecule has 0 atom stereocenters. The van der Waals surface area contributed by atoms with Gasteiger partial charge in [-0.05, 0) is 25.1 Å². The Bertz CT molecular complexity index is 445. The lowest BCUT2D eigenvalue weighted by molar-refractivity contribution is 0.342. The fraction of sp³-hybridized carbons (Fsp3) is 0.333. The summed E-state index contributed by atoms with van der Waals surface area (Å²) in [6.45, 7) is 2.33. The van der Waals surface area contributed by atoms with Gasteiger partial charge in [0.25, 0.3) is 0 Å². The molecule has 0 bridgehead atoms. The van der Waals surface area contributed by atoms with Crippen molar-refractivity contribution in [3.05, 3.63) is 22.7 Å². The summed E-state index contributed by atoms with van der Waals surface area (Å²) in [5, 5.41) is 0. The summed E-state index contributed by atoms with van der Waals surface area (Å²) in [5.41, 5.74) is 0.439. The van der Waals surface area contributed by atoms with E-state index in [9.17, 15) is 8.42 Å². The first-order valence-electron chi connectivity index (χ1n) is 4.32. The van der Waals surface area contributed by atoms with Crippen LogP contribution in [0, 0.1) is 0 Å². The minimum Gasteiger partial charge on any atom is -0.492 e. The number of rotatable bonds is 4. The van der Waals surface area contributed by atoms with E-state index >= 15 is 0 Å². The molecule has 1 aromatic rings. The van der Waals surface area contributed by atoms with Crippen LogP contribution in [-0.4, -0.2) is 21.3 Å². The van der Waals surface area contributed by atoms with Gasteiger partial charge in [-0.25, -0.2) is 8.42 Å². The predicted molar refractivity (Wildman–Crippen MR) is 63.8 cm³/mol. The van der Waals surface area contributed by atoms with Crippen molar-refractivity contribution >= 4 is 31.6 Å². The van der Waals surface area contributed by atoms with Crippen LogP contribution in [-0.2, 0) is 10.0 Å². The molecule has 0 heterocycles. The lowest BCUT2D eigenvalue weighted by Gasteiger charge is -2.11. The SMILES string of the molecule is CCOc1ccc(Br)cc1NS(C)(=O)=O. The third-order valence-corrected chi connectivity index (χ3v) is 2.62. The first kappa shape index (κ1) is 12.3. The zero-order valence-corrected chi connectivity index (χ0v) is 10.9. The average Bonchev–Trinajstić information content (AvgIpc) is 2.07. The Labute approximate surface area is 97.8 Å². The van der Waals surface area contributed by atoms with Crippen LogP contribution < -0.4 is 9.46 Å². The van der Waals surface area contributed by atoms with E-state index in [1.807, 2.05) is 6.92 Å². The van der Waals surface area contributed by atoms with Gasteiger partial charge in [-0.3, -0.25) is 4.72 Å². The van der Waals surface area contributed by atoms with Gasteiger partial charge in [0.1, 0.15) is 5.75 Å². The van der Waals surface area contributed by atoms with Crippen LogP contribution in [0.3, 0.4) is 0 Å².